The van der Waals surface area contributed by atoms with E-state index in [1.807, 2.05) is 0 Å². The van der Waals surface area contributed by atoms with E-state index in [1.165, 1.54) is 6.07 Å². The van der Waals surface area contributed by atoms with Crippen molar-refractivity contribution < 1.29 is 32.7 Å². The third-order valence-electron chi connectivity index (χ3n) is 7.10. The SMILES string of the molecule is Cc1nc(C2(O)CCC(N[C@H]3CCN(C(=O)CNC(=O)c4cccc(C(F)(F)F)c4)C3)CC2)sc1C(N)=O. The van der Waals surface area contributed by atoms with E-state index in [9.17, 15) is 32.7 Å². The van der Waals surface area contributed by atoms with Gasteiger partial charge in [0.2, 0.25) is 5.91 Å². The summed E-state index contributed by atoms with van der Waals surface area (Å²) in [6.07, 6.45) is -1.49. The average Bonchev–Trinajstić information content (AvgIpc) is 3.50. The van der Waals surface area contributed by atoms with E-state index in [0.29, 0.717) is 54.4 Å². The highest BCUT2D eigenvalue weighted by atomic mass is 32.1. The van der Waals surface area contributed by atoms with Crippen molar-refractivity contribution in [1.29, 1.82) is 0 Å². The second-order valence-electron chi connectivity index (χ2n) is 9.86. The number of thiazole rings is 1. The van der Waals surface area contributed by atoms with Crippen molar-refractivity contribution in [3.63, 3.8) is 0 Å². The van der Waals surface area contributed by atoms with Gasteiger partial charge in [0.25, 0.3) is 11.8 Å². The molecule has 1 aliphatic heterocycles. The lowest BCUT2D eigenvalue weighted by atomic mass is 9.82. The molecule has 1 saturated heterocycles. The quantitative estimate of drug-likeness (QED) is 0.415. The molecule has 1 aromatic carbocycles. The number of amides is 3. The number of aryl methyl sites for hydroxylation is 1. The Balaban J connectivity index is 1.23. The summed E-state index contributed by atoms with van der Waals surface area (Å²) in [5, 5.41) is 17.6. The Hall–Kier alpha value is -3.03. The fraction of sp³-hybridized carbons (Fsp3) is 0.520. The maximum Gasteiger partial charge on any atom is 0.416 e. The number of nitrogens with zero attached hydrogens (tertiary/aromatic N) is 2. The number of hydrogen-bond acceptors (Lipinski definition) is 7. The molecule has 1 saturated carbocycles. The molecule has 0 spiro atoms. The van der Waals surface area contributed by atoms with Gasteiger partial charge >= 0.3 is 6.18 Å². The molecule has 0 unspecified atom stereocenters. The summed E-state index contributed by atoms with van der Waals surface area (Å²) in [7, 11) is 0. The fourth-order valence-corrected chi connectivity index (χ4v) is 6.03. The molecule has 38 heavy (non-hydrogen) atoms. The van der Waals surface area contributed by atoms with Crippen LogP contribution < -0.4 is 16.4 Å². The van der Waals surface area contributed by atoms with E-state index in [2.05, 4.69) is 15.6 Å². The largest absolute Gasteiger partial charge is 0.416 e. The minimum atomic E-state index is -4.56. The molecule has 9 nitrogen and oxygen atoms in total. The molecule has 5 N–H and O–H groups in total. The molecule has 0 radical (unpaired) electrons. The van der Waals surface area contributed by atoms with Crippen molar-refractivity contribution in [3.8, 4) is 0 Å². The second kappa shape index (κ2) is 11.0. The van der Waals surface area contributed by atoms with E-state index < -0.39 is 29.2 Å². The van der Waals surface area contributed by atoms with E-state index in [1.54, 1.807) is 11.8 Å². The molecule has 206 valence electrons. The van der Waals surface area contributed by atoms with Crippen LogP contribution in [0.15, 0.2) is 24.3 Å². The van der Waals surface area contributed by atoms with Crippen LogP contribution in [0.25, 0.3) is 0 Å². The van der Waals surface area contributed by atoms with Crippen LogP contribution in [0.3, 0.4) is 0 Å². The van der Waals surface area contributed by atoms with Gasteiger partial charge in [-0.15, -0.1) is 11.3 Å². The Morgan fingerprint density at radius 2 is 1.92 bits per heavy atom. The third-order valence-corrected chi connectivity index (χ3v) is 8.46. The predicted molar refractivity (Wildman–Crippen MR) is 133 cm³/mol. The van der Waals surface area contributed by atoms with Gasteiger partial charge in [-0.05, 0) is 57.2 Å². The zero-order chi connectivity index (χ0) is 27.7. The number of aromatic nitrogens is 1. The van der Waals surface area contributed by atoms with Crippen molar-refractivity contribution in [2.45, 2.75) is 62.9 Å². The topological polar surface area (TPSA) is 138 Å². The number of hydrogen-bond donors (Lipinski definition) is 4. The highest BCUT2D eigenvalue weighted by molar-refractivity contribution is 7.14. The predicted octanol–water partition coefficient (Wildman–Crippen LogP) is 2.32. The number of aliphatic hydroxyl groups is 1. The monoisotopic (exact) mass is 553 g/mol. The van der Waals surface area contributed by atoms with Crippen molar-refractivity contribution >= 4 is 29.1 Å². The van der Waals surface area contributed by atoms with Gasteiger partial charge in [-0.25, -0.2) is 4.98 Å². The maximum atomic E-state index is 12.9. The van der Waals surface area contributed by atoms with Gasteiger partial charge in [0.1, 0.15) is 15.5 Å². The van der Waals surface area contributed by atoms with Crippen LogP contribution in [0.4, 0.5) is 13.2 Å². The molecule has 0 bridgehead atoms. The first-order valence-electron chi connectivity index (χ1n) is 12.3. The lowest BCUT2D eigenvalue weighted by molar-refractivity contribution is -0.137. The summed E-state index contributed by atoms with van der Waals surface area (Å²) in [6, 6.07) is 4.26. The molecule has 2 aromatic rings. The van der Waals surface area contributed by atoms with Crippen molar-refractivity contribution in [2.24, 2.45) is 5.73 Å². The van der Waals surface area contributed by atoms with Gasteiger partial charge in [0.15, 0.2) is 0 Å². The number of halogens is 3. The molecule has 4 rings (SSSR count). The number of nitrogens with two attached hydrogens (primary N) is 1. The van der Waals surface area contributed by atoms with Crippen LogP contribution in [0.1, 0.15) is 68.4 Å². The summed E-state index contributed by atoms with van der Waals surface area (Å²) in [6.45, 7) is 2.34. The Labute approximate surface area is 221 Å². The highest BCUT2D eigenvalue weighted by Crippen LogP contribution is 2.40. The standard InChI is InChI=1S/C25H30F3N5O4S/c1-14-20(21(29)35)38-23(31-14)24(37)8-5-17(6-9-24)32-18-7-10-33(13-18)19(34)12-30-22(36)15-3-2-4-16(11-15)25(26,27)28/h2-4,11,17-18,32,37H,5-10,12-13H2,1H3,(H2,29,35)(H,30,36)/t17?,18-,24?/m0/s1. The first-order chi connectivity index (χ1) is 17.9. The van der Waals surface area contributed by atoms with E-state index in [-0.39, 0.29) is 30.1 Å². The molecule has 2 aliphatic rings. The Bertz CT molecular complexity index is 1210. The zero-order valence-corrected chi connectivity index (χ0v) is 21.6. The number of carbonyl (C=O) groups is 3. The highest BCUT2D eigenvalue weighted by Gasteiger charge is 2.39. The Morgan fingerprint density at radius 3 is 2.55 bits per heavy atom. The number of benzene rings is 1. The smallest absolute Gasteiger partial charge is 0.383 e. The summed E-state index contributed by atoms with van der Waals surface area (Å²) in [5.41, 5.74) is 3.71. The first kappa shape index (κ1) is 28.0. The van der Waals surface area contributed by atoms with Crippen LogP contribution in [0, 0.1) is 6.92 Å². The lowest BCUT2D eigenvalue weighted by Gasteiger charge is -2.36. The maximum absolute atomic E-state index is 12.9. The van der Waals surface area contributed by atoms with Crippen molar-refractivity contribution in [2.75, 3.05) is 19.6 Å². The van der Waals surface area contributed by atoms with Gasteiger partial charge in [-0.1, -0.05) is 6.07 Å². The molecule has 2 fully saturated rings. The van der Waals surface area contributed by atoms with E-state index >= 15 is 0 Å². The molecule has 1 aromatic heterocycles. The second-order valence-corrected chi connectivity index (χ2v) is 10.9. The summed E-state index contributed by atoms with van der Waals surface area (Å²) in [4.78, 5) is 42.8. The van der Waals surface area contributed by atoms with Crippen LogP contribution >= 0.6 is 11.3 Å². The summed E-state index contributed by atoms with van der Waals surface area (Å²) in [5.74, 6) is -1.61. The zero-order valence-electron chi connectivity index (χ0n) is 20.8. The lowest BCUT2D eigenvalue weighted by Crippen LogP contribution is -2.46. The first-order valence-corrected chi connectivity index (χ1v) is 13.2. The Morgan fingerprint density at radius 1 is 1.21 bits per heavy atom. The van der Waals surface area contributed by atoms with E-state index in [0.717, 1.165) is 36.0 Å². The van der Waals surface area contributed by atoms with Crippen LogP contribution in [-0.2, 0) is 16.6 Å². The van der Waals surface area contributed by atoms with Gasteiger partial charge in [-0.3, -0.25) is 14.4 Å². The number of nitrogens with one attached hydrogen (secondary N) is 2. The Kier molecular flexibility index (Phi) is 8.09. The van der Waals surface area contributed by atoms with Gasteiger partial charge < -0.3 is 26.4 Å². The molecule has 1 aliphatic carbocycles. The summed E-state index contributed by atoms with van der Waals surface area (Å²) >= 11 is 1.14. The molecule has 13 heteroatoms. The average molecular weight is 554 g/mol. The molecular formula is C25H30F3N5O4S. The molecule has 1 atom stereocenters. The van der Waals surface area contributed by atoms with Crippen molar-refractivity contribution in [1.82, 2.24) is 20.5 Å². The van der Waals surface area contributed by atoms with Gasteiger partial charge in [-0.2, -0.15) is 13.2 Å². The normalized spacial score (nSPS) is 23.9. The fourth-order valence-electron chi connectivity index (χ4n) is 4.96. The number of rotatable bonds is 7. The molecule has 3 amide bonds. The number of alkyl halides is 3. The molecule has 2 heterocycles. The minimum Gasteiger partial charge on any atom is -0.383 e. The van der Waals surface area contributed by atoms with Crippen LogP contribution in [0.2, 0.25) is 0 Å². The number of carbonyl (C=O) groups excluding carboxylic acids is 3. The van der Waals surface area contributed by atoms with Crippen molar-refractivity contribution in [3.05, 3.63) is 51.0 Å². The van der Waals surface area contributed by atoms with Gasteiger partial charge in [0.05, 0.1) is 17.8 Å². The summed E-state index contributed by atoms with van der Waals surface area (Å²) < 4.78 is 38.7. The van der Waals surface area contributed by atoms with Crippen LogP contribution in [-0.4, -0.2) is 64.4 Å². The van der Waals surface area contributed by atoms with E-state index in [4.69, 9.17) is 5.73 Å². The minimum absolute atomic E-state index is 0.0536. The number of likely N-dealkylation sites (tertiary alicyclic amines) is 1. The third kappa shape index (κ3) is 6.33. The number of primary amides is 1. The molecular weight excluding hydrogens is 523 g/mol. The van der Waals surface area contributed by atoms with Gasteiger partial charge in [0, 0.05) is 30.7 Å². The van der Waals surface area contributed by atoms with Crippen LogP contribution in [0.5, 0.6) is 0 Å².